The first kappa shape index (κ1) is 13.3. The largest absolute Gasteiger partial charge is 0.469 e. The number of nitrogens with zero attached hydrogens (tertiary/aromatic N) is 2. The van der Waals surface area contributed by atoms with E-state index >= 15 is 0 Å². The maximum absolute atomic E-state index is 11.8. The molecule has 0 unspecified atom stereocenters. The first-order valence-electron chi connectivity index (χ1n) is 6.37. The summed E-state index contributed by atoms with van der Waals surface area (Å²) in [7, 11) is 0. The van der Waals surface area contributed by atoms with Gasteiger partial charge in [0.2, 0.25) is 5.95 Å². The van der Waals surface area contributed by atoms with E-state index in [1.165, 1.54) is 0 Å². The van der Waals surface area contributed by atoms with Crippen LogP contribution in [0.3, 0.4) is 0 Å². The lowest BCUT2D eigenvalue weighted by molar-refractivity contribution is 0.517. The molecule has 2 N–H and O–H groups in total. The molecule has 6 nitrogen and oxygen atoms in total. The number of rotatable bonds is 6. The number of aromatic amines is 1. The number of anilines is 1. The van der Waals surface area contributed by atoms with Gasteiger partial charge in [-0.25, -0.2) is 0 Å². The Morgan fingerprint density at radius 1 is 1.42 bits per heavy atom. The number of furan rings is 1. The fourth-order valence-corrected chi connectivity index (χ4v) is 1.61. The Morgan fingerprint density at radius 2 is 2.26 bits per heavy atom. The van der Waals surface area contributed by atoms with E-state index in [-0.39, 0.29) is 5.56 Å². The van der Waals surface area contributed by atoms with Crippen molar-refractivity contribution in [1.82, 2.24) is 15.2 Å². The molecule has 6 heteroatoms. The predicted molar refractivity (Wildman–Crippen MR) is 72.1 cm³/mol. The molecule has 19 heavy (non-hydrogen) atoms. The summed E-state index contributed by atoms with van der Waals surface area (Å²) >= 11 is 0. The Hall–Kier alpha value is -2.11. The second kappa shape index (κ2) is 6.17. The van der Waals surface area contributed by atoms with Crippen LogP contribution in [0.1, 0.15) is 31.7 Å². The van der Waals surface area contributed by atoms with Crippen LogP contribution < -0.4 is 10.9 Å². The van der Waals surface area contributed by atoms with E-state index in [1.54, 1.807) is 18.4 Å². The van der Waals surface area contributed by atoms with Gasteiger partial charge in [-0.15, -0.1) is 10.2 Å². The van der Waals surface area contributed by atoms with Crippen LogP contribution in [0, 0.1) is 5.92 Å². The lowest BCUT2D eigenvalue weighted by Gasteiger charge is -2.06. The molecule has 0 aromatic carbocycles. The van der Waals surface area contributed by atoms with Crippen molar-refractivity contribution >= 4 is 5.95 Å². The van der Waals surface area contributed by atoms with Crippen molar-refractivity contribution in [3.8, 4) is 0 Å². The lowest BCUT2D eigenvalue weighted by Crippen LogP contribution is -2.20. The van der Waals surface area contributed by atoms with E-state index < -0.39 is 0 Å². The van der Waals surface area contributed by atoms with Gasteiger partial charge in [-0.3, -0.25) is 9.78 Å². The molecule has 102 valence electrons. The van der Waals surface area contributed by atoms with Gasteiger partial charge >= 0.3 is 0 Å². The van der Waals surface area contributed by atoms with Crippen LogP contribution >= 0.6 is 0 Å². The van der Waals surface area contributed by atoms with Crippen molar-refractivity contribution in [2.24, 2.45) is 5.92 Å². The summed E-state index contributed by atoms with van der Waals surface area (Å²) < 4.78 is 5.18. The molecule has 2 aromatic rings. The van der Waals surface area contributed by atoms with Crippen molar-refractivity contribution in [2.75, 3.05) is 11.9 Å². The molecule has 2 aromatic heterocycles. The number of hydrogen-bond acceptors (Lipinski definition) is 5. The van der Waals surface area contributed by atoms with E-state index in [9.17, 15) is 4.79 Å². The SMILES string of the molecule is CC(C)CCNc1nnc(Cc2ccco2)c(=O)[nH]1. The molecule has 0 spiro atoms. The van der Waals surface area contributed by atoms with E-state index in [2.05, 4.69) is 34.3 Å². The third-order valence-corrected chi connectivity index (χ3v) is 2.70. The van der Waals surface area contributed by atoms with Gasteiger partial charge in [-0.2, -0.15) is 0 Å². The Labute approximate surface area is 111 Å². The molecule has 0 aliphatic heterocycles. The van der Waals surface area contributed by atoms with E-state index in [4.69, 9.17) is 4.42 Å². The minimum absolute atomic E-state index is 0.238. The molecule has 0 aliphatic carbocycles. The lowest BCUT2D eigenvalue weighted by atomic mass is 10.1. The average Bonchev–Trinajstić information content (AvgIpc) is 2.85. The highest BCUT2D eigenvalue weighted by Gasteiger charge is 2.07. The monoisotopic (exact) mass is 262 g/mol. The Morgan fingerprint density at radius 3 is 2.89 bits per heavy atom. The third kappa shape index (κ3) is 3.94. The Kier molecular flexibility index (Phi) is 4.33. The summed E-state index contributed by atoms with van der Waals surface area (Å²) in [5.41, 5.74) is 0.114. The zero-order chi connectivity index (χ0) is 13.7. The number of aromatic nitrogens is 3. The topological polar surface area (TPSA) is 83.8 Å². The second-order valence-electron chi connectivity index (χ2n) is 4.81. The first-order valence-corrected chi connectivity index (χ1v) is 6.37. The van der Waals surface area contributed by atoms with E-state index in [0.717, 1.165) is 13.0 Å². The number of hydrogen-bond donors (Lipinski definition) is 2. The van der Waals surface area contributed by atoms with Crippen molar-refractivity contribution in [2.45, 2.75) is 26.7 Å². The van der Waals surface area contributed by atoms with E-state index in [0.29, 0.717) is 29.7 Å². The van der Waals surface area contributed by atoms with Crippen LogP contribution in [-0.4, -0.2) is 21.7 Å². The molecular weight excluding hydrogens is 244 g/mol. The van der Waals surface area contributed by atoms with Gasteiger partial charge in [0.05, 0.1) is 12.7 Å². The molecule has 0 aliphatic rings. The maximum atomic E-state index is 11.8. The van der Waals surface area contributed by atoms with Gasteiger partial charge in [0.1, 0.15) is 11.5 Å². The quantitative estimate of drug-likeness (QED) is 0.829. The summed E-state index contributed by atoms with van der Waals surface area (Å²) in [5.74, 6) is 1.71. The highest BCUT2D eigenvalue weighted by atomic mass is 16.3. The zero-order valence-electron chi connectivity index (χ0n) is 11.1. The molecule has 0 fully saturated rings. The molecule has 0 amide bonds. The van der Waals surface area contributed by atoms with Crippen molar-refractivity contribution in [3.05, 3.63) is 40.2 Å². The third-order valence-electron chi connectivity index (χ3n) is 2.70. The van der Waals surface area contributed by atoms with Gasteiger partial charge in [0, 0.05) is 6.54 Å². The second-order valence-corrected chi connectivity index (χ2v) is 4.81. The van der Waals surface area contributed by atoms with Gasteiger partial charge in [0.25, 0.3) is 5.56 Å². The summed E-state index contributed by atoms with van der Waals surface area (Å²) in [5, 5.41) is 10.9. The van der Waals surface area contributed by atoms with Gasteiger partial charge in [-0.1, -0.05) is 13.8 Å². The van der Waals surface area contributed by atoms with Crippen LogP contribution in [0.25, 0.3) is 0 Å². The summed E-state index contributed by atoms with van der Waals surface area (Å²) in [6.45, 7) is 5.05. The van der Waals surface area contributed by atoms with Gasteiger partial charge < -0.3 is 9.73 Å². The molecule has 0 saturated heterocycles. The molecular formula is C13H18N4O2. The molecule has 0 saturated carbocycles. The minimum Gasteiger partial charge on any atom is -0.469 e. The van der Waals surface area contributed by atoms with Crippen molar-refractivity contribution in [3.63, 3.8) is 0 Å². The van der Waals surface area contributed by atoms with Crippen LogP contribution in [0.5, 0.6) is 0 Å². The standard InChI is InChI=1S/C13H18N4O2/c1-9(2)5-6-14-13-15-12(18)11(16-17-13)8-10-4-3-7-19-10/h3-4,7,9H,5-6,8H2,1-2H3,(H2,14,15,17,18). The van der Waals surface area contributed by atoms with Crippen LogP contribution in [0.15, 0.2) is 27.6 Å². The predicted octanol–water partition coefficient (Wildman–Crippen LogP) is 1.81. The molecule has 0 bridgehead atoms. The van der Waals surface area contributed by atoms with Crippen LogP contribution in [0.2, 0.25) is 0 Å². The normalized spacial score (nSPS) is 10.9. The molecule has 0 atom stereocenters. The highest BCUT2D eigenvalue weighted by molar-refractivity contribution is 5.22. The fraction of sp³-hybridized carbons (Fsp3) is 0.462. The summed E-state index contributed by atoms with van der Waals surface area (Å²) in [6, 6.07) is 3.58. The summed E-state index contributed by atoms with van der Waals surface area (Å²) in [6.07, 6.45) is 2.93. The fourth-order valence-electron chi connectivity index (χ4n) is 1.61. The Balaban J connectivity index is 1.99. The van der Waals surface area contributed by atoms with Crippen molar-refractivity contribution < 1.29 is 4.42 Å². The van der Waals surface area contributed by atoms with Crippen LogP contribution in [-0.2, 0) is 6.42 Å². The maximum Gasteiger partial charge on any atom is 0.274 e. The molecule has 2 rings (SSSR count). The van der Waals surface area contributed by atoms with Gasteiger partial charge in [-0.05, 0) is 24.5 Å². The molecule has 2 heterocycles. The van der Waals surface area contributed by atoms with Gasteiger partial charge in [0.15, 0.2) is 0 Å². The average molecular weight is 262 g/mol. The zero-order valence-corrected chi connectivity index (χ0v) is 11.1. The van der Waals surface area contributed by atoms with Crippen LogP contribution in [0.4, 0.5) is 5.95 Å². The first-order chi connectivity index (χ1) is 9.15. The highest BCUT2D eigenvalue weighted by Crippen LogP contribution is 2.04. The smallest absolute Gasteiger partial charge is 0.274 e. The number of nitrogens with one attached hydrogen (secondary N) is 2. The minimum atomic E-state index is -0.238. The van der Waals surface area contributed by atoms with Crippen molar-refractivity contribution in [1.29, 1.82) is 0 Å². The Bertz CT molecular complexity index is 560. The van der Waals surface area contributed by atoms with E-state index in [1.807, 2.05) is 0 Å². The number of H-pyrrole nitrogens is 1. The summed E-state index contributed by atoms with van der Waals surface area (Å²) in [4.78, 5) is 14.5. The molecule has 0 radical (unpaired) electrons.